The Kier molecular flexibility index (Phi) is 7.51. The lowest BCUT2D eigenvalue weighted by Gasteiger charge is -2.14. The van der Waals surface area contributed by atoms with Crippen LogP contribution in [0.25, 0.3) is 0 Å². The van der Waals surface area contributed by atoms with Crippen molar-refractivity contribution in [3.05, 3.63) is 29.3 Å². The van der Waals surface area contributed by atoms with Crippen molar-refractivity contribution in [2.75, 3.05) is 13.1 Å². The minimum absolute atomic E-state index is 0.408. The summed E-state index contributed by atoms with van der Waals surface area (Å²) in [6.45, 7) is 6.72. The van der Waals surface area contributed by atoms with Crippen molar-refractivity contribution in [3.63, 3.8) is 0 Å². The van der Waals surface area contributed by atoms with Crippen LogP contribution in [0.3, 0.4) is 0 Å². The van der Waals surface area contributed by atoms with E-state index in [1.54, 1.807) is 6.07 Å². The van der Waals surface area contributed by atoms with Crippen molar-refractivity contribution >= 4 is 0 Å². The van der Waals surface area contributed by atoms with E-state index in [0.717, 1.165) is 6.42 Å². The highest BCUT2D eigenvalue weighted by atomic mass is 16.3. The van der Waals surface area contributed by atoms with E-state index in [1.165, 1.54) is 56.3 Å². The molecule has 0 radical (unpaired) electrons. The summed E-state index contributed by atoms with van der Waals surface area (Å²) in [6.07, 6.45) is 7.41. The van der Waals surface area contributed by atoms with Crippen molar-refractivity contribution in [2.45, 2.75) is 52.4 Å². The average molecular weight is 249 g/mol. The van der Waals surface area contributed by atoms with E-state index in [9.17, 15) is 5.11 Å². The zero-order chi connectivity index (χ0) is 13.2. The Morgan fingerprint density at radius 2 is 1.61 bits per heavy atom. The van der Waals surface area contributed by atoms with Gasteiger partial charge in [0.15, 0.2) is 0 Å². The molecule has 1 aliphatic carbocycles. The van der Waals surface area contributed by atoms with Crippen molar-refractivity contribution in [3.8, 4) is 5.75 Å². The Morgan fingerprint density at radius 3 is 2.22 bits per heavy atom. The normalized spacial score (nSPS) is 13.4. The van der Waals surface area contributed by atoms with Gasteiger partial charge in [-0.15, -0.1) is 0 Å². The van der Waals surface area contributed by atoms with Gasteiger partial charge in [0.05, 0.1) is 0 Å². The van der Waals surface area contributed by atoms with Crippen LogP contribution in [-0.2, 0) is 12.8 Å². The van der Waals surface area contributed by atoms with Gasteiger partial charge in [0.2, 0.25) is 0 Å². The Bertz CT molecular complexity index is 332. The van der Waals surface area contributed by atoms with Crippen molar-refractivity contribution in [2.24, 2.45) is 0 Å². The highest BCUT2D eigenvalue weighted by molar-refractivity contribution is 5.36. The lowest BCUT2D eigenvalue weighted by Crippen LogP contribution is -2.14. The predicted octanol–water partition coefficient (Wildman–Crippen LogP) is 3.67. The third-order valence-corrected chi connectivity index (χ3v) is 3.19. The molecule has 0 atom stereocenters. The van der Waals surface area contributed by atoms with E-state index in [2.05, 4.69) is 19.2 Å². The molecule has 2 heteroatoms. The van der Waals surface area contributed by atoms with Crippen LogP contribution in [-0.4, -0.2) is 18.2 Å². The van der Waals surface area contributed by atoms with Gasteiger partial charge >= 0.3 is 0 Å². The van der Waals surface area contributed by atoms with Crippen LogP contribution < -0.4 is 5.32 Å². The van der Waals surface area contributed by atoms with Gasteiger partial charge in [0.1, 0.15) is 5.75 Å². The highest BCUT2D eigenvalue weighted by Crippen LogP contribution is 2.24. The number of rotatable bonds is 4. The maximum atomic E-state index is 9.19. The second-order valence-corrected chi connectivity index (χ2v) is 4.91. The van der Waals surface area contributed by atoms with E-state index in [-0.39, 0.29) is 0 Å². The number of aromatic hydroxyl groups is 1. The molecular weight excluding hydrogens is 222 g/mol. The topological polar surface area (TPSA) is 32.3 Å². The Labute approximate surface area is 111 Å². The van der Waals surface area contributed by atoms with Crippen LogP contribution >= 0.6 is 0 Å². The molecular formula is C16H27NO. The molecule has 0 aliphatic heterocycles. The summed E-state index contributed by atoms with van der Waals surface area (Å²) < 4.78 is 0. The molecule has 0 saturated heterocycles. The van der Waals surface area contributed by atoms with Gasteiger partial charge in [-0.25, -0.2) is 0 Å². The second-order valence-electron chi connectivity index (χ2n) is 4.91. The lowest BCUT2D eigenvalue weighted by atomic mass is 9.92. The maximum absolute atomic E-state index is 9.19. The van der Waals surface area contributed by atoms with Gasteiger partial charge in [0.25, 0.3) is 0 Å². The van der Waals surface area contributed by atoms with Crippen molar-refractivity contribution < 1.29 is 5.11 Å². The molecule has 0 heterocycles. The fourth-order valence-corrected chi connectivity index (χ4v) is 2.20. The molecule has 0 fully saturated rings. The van der Waals surface area contributed by atoms with Gasteiger partial charge in [0, 0.05) is 0 Å². The van der Waals surface area contributed by atoms with Crippen LogP contribution in [0.1, 0.15) is 50.7 Å². The molecule has 18 heavy (non-hydrogen) atoms. The average Bonchev–Trinajstić information content (AvgIpc) is 2.40. The predicted molar refractivity (Wildman–Crippen MR) is 78.2 cm³/mol. The summed E-state index contributed by atoms with van der Waals surface area (Å²) in [5.41, 5.74) is 2.77. The first-order valence-corrected chi connectivity index (χ1v) is 7.29. The first-order valence-electron chi connectivity index (χ1n) is 7.29. The molecule has 2 N–H and O–H groups in total. The number of nitrogens with one attached hydrogen (secondary N) is 1. The van der Waals surface area contributed by atoms with Crippen LogP contribution in [0.2, 0.25) is 0 Å². The fraction of sp³-hybridized carbons (Fsp3) is 0.625. The van der Waals surface area contributed by atoms with E-state index < -0.39 is 0 Å². The third-order valence-electron chi connectivity index (χ3n) is 3.19. The molecule has 0 aromatic heterocycles. The Morgan fingerprint density at radius 1 is 1.00 bits per heavy atom. The molecule has 0 amide bonds. The molecule has 0 unspecified atom stereocenters. The molecule has 0 spiro atoms. The largest absolute Gasteiger partial charge is 0.508 e. The number of hydrogen-bond acceptors (Lipinski definition) is 2. The van der Waals surface area contributed by atoms with E-state index in [1.807, 2.05) is 12.1 Å². The second kappa shape index (κ2) is 8.98. The van der Waals surface area contributed by atoms with Crippen molar-refractivity contribution in [1.82, 2.24) is 5.32 Å². The van der Waals surface area contributed by atoms with Crippen LogP contribution in [0.15, 0.2) is 18.2 Å². The van der Waals surface area contributed by atoms with Gasteiger partial charge in [-0.1, -0.05) is 19.9 Å². The number of hydrogen-bond donors (Lipinski definition) is 2. The van der Waals surface area contributed by atoms with E-state index in [0.29, 0.717) is 5.75 Å². The third kappa shape index (κ3) is 5.54. The number of phenols is 1. The Hall–Kier alpha value is -1.02. The molecule has 0 saturated carbocycles. The quantitative estimate of drug-likeness (QED) is 0.798. The minimum atomic E-state index is 0.408. The number of fused-ring (bicyclic) bond motifs is 1. The SMILES string of the molecule is CCCNCCC.Oc1ccc2c(c1)CCCC2. The summed E-state index contributed by atoms with van der Waals surface area (Å²) in [6, 6.07) is 5.72. The molecule has 0 bridgehead atoms. The smallest absolute Gasteiger partial charge is 0.115 e. The van der Waals surface area contributed by atoms with Gasteiger partial charge < -0.3 is 10.4 Å². The molecule has 1 aliphatic rings. The number of phenolic OH excluding ortho intramolecular Hbond substituents is 1. The Balaban J connectivity index is 0.000000203. The minimum Gasteiger partial charge on any atom is -0.508 e. The zero-order valence-corrected chi connectivity index (χ0v) is 11.8. The van der Waals surface area contributed by atoms with Crippen LogP contribution in [0.5, 0.6) is 5.75 Å². The van der Waals surface area contributed by atoms with Gasteiger partial charge in [-0.05, 0) is 74.9 Å². The summed E-state index contributed by atoms with van der Waals surface area (Å²) in [7, 11) is 0. The first kappa shape index (κ1) is 15.0. The lowest BCUT2D eigenvalue weighted by molar-refractivity contribution is 0.473. The first-order chi connectivity index (χ1) is 8.77. The number of aryl methyl sites for hydroxylation is 2. The maximum Gasteiger partial charge on any atom is 0.115 e. The van der Waals surface area contributed by atoms with E-state index >= 15 is 0 Å². The fourth-order valence-electron chi connectivity index (χ4n) is 2.20. The summed E-state index contributed by atoms with van der Waals surface area (Å²) in [5.74, 6) is 0.408. The summed E-state index contributed by atoms with van der Waals surface area (Å²) in [4.78, 5) is 0. The molecule has 2 rings (SSSR count). The summed E-state index contributed by atoms with van der Waals surface area (Å²) in [5, 5.41) is 12.5. The van der Waals surface area contributed by atoms with E-state index in [4.69, 9.17) is 0 Å². The highest BCUT2D eigenvalue weighted by Gasteiger charge is 2.08. The zero-order valence-electron chi connectivity index (χ0n) is 11.8. The van der Waals surface area contributed by atoms with Crippen LogP contribution in [0, 0.1) is 0 Å². The van der Waals surface area contributed by atoms with Gasteiger partial charge in [-0.2, -0.15) is 0 Å². The molecule has 1 aromatic carbocycles. The standard InChI is InChI=1S/C10H12O.C6H15N/c11-10-6-5-8-3-1-2-4-9(8)7-10;1-3-5-7-6-4-2/h5-7,11H,1-4H2;7H,3-6H2,1-2H3. The molecule has 102 valence electrons. The number of benzene rings is 1. The van der Waals surface area contributed by atoms with Crippen LogP contribution in [0.4, 0.5) is 0 Å². The molecule has 1 aromatic rings. The monoisotopic (exact) mass is 249 g/mol. The molecule has 2 nitrogen and oxygen atoms in total. The van der Waals surface area contributed by atoms with Crippen molar-refractivity contribution in [1.29, 1.82) is 0 Å². The van der Waals surface area contributed by atoms with Gasteiger partial charge in [-0.3, -0.25) is 0 Å². The summed E-state index contributed by atoms with van der Waals surface area (Å²) >= 11 is 0.